The third-order valence-corrected chi connectivity index (χ3v) is 3.89. The Kier molecular flexibility index (Phi) is 4.65. The molecular formula is C13H8Br2ClFO. The fraction of sp³-hybridized carbons (Fsp3) is 0.0769. The van der Waals surface area contributed by atoms with E-state index in [2.05, 4.69) is 31.9 Å². The number of ether oxygens (including phenoxy) is 1. The summed E-state index contributed by atoms with van der Waals surface area (Å²) in [5, 5.41) is 1.17. The number of benzene rings is 2. The molecule has 18 heavy (non-hydrogen) atoms. The summed E-state index contributed by atoms with van der Waals surface area (Å²) in [6.07, 6.45) is 0. The van der Waals surface area contributed by atoms with Crippen molar-refractivity contribution in [1.82, 2.24) is 0 Å². The summed E-state index contributed by atoms with van der Waals surface area (Å²) in [4.78, 5) is 0. The van der Waals surface area contributed by atoms with E-state index >= 15 is 0 Å². The predicted octanol–water partition coefficient (Wildman–Crippen LogP) is 5.93. The van der Waals surface area contributed by atoms with E-state index in [1.54, 1.807) is 24.3 Å². The van der Waals surface area contributed by atoms with Crippen molar-refractivity contribution in [3.63, 3.8) is 0 Å². The molecule has 0 aliphatic rings. The maximum absolute atomic E-state index is 13.2. The van der Waals surface area contributed by atoms with E-state index in [4.69, 9.17) is 16.3 Å². The molecule has 0 unspecified atom stereocenters. The van der Waals surface area contributed by atoms with Crippen LogP contribution in [0.2, 0.25) is 5.02 Å². The molecule has 0 N–H and O–H groups in total. The molecule has 0 radical (unpaired) electrons. The summed E-state index contributed by atoms with van der Waals surface area (Å²) in [5.41, 5.74) is 0.829. The van der Waals surface area contributed by atoms with E-state index < -0.39 is 0 Å². The van der Waals surface area contributed by atoms with E-state index in [9.17, 15) is 4.39 Å². The molecule has 2 aromatic rings. The molecule has 0 aliphatic heterocycles. The van der Waals surface area contributed by atoms with Gasteiger partial charge < -0.3 is 4.74 Å². The highest BCUT2D eigenvalue weighted by Gasteiger charge is 2.10. The topological polar surface area (TPSA) is 9.23 Å². The van der Waals surface area contributed by atoms with Gasteiger partial charge in [-0.2, -0.15) is 0 Å². The minimum atomic E-state index is -0.351. The molecular weight excluding hydrogens is 386 g/mol. The van der Waals surface area contributed by atoms with Crippen LogP contribution in [0.1, 0.15) is 5.56 Å². The van der Waals surface area contributed by atoms with Gasteiger partial charge >= 0.3 is 0 Å². The maximum atomic E-state index is 13.2. The van der Waals surface area contributed by atoms with Gasteiger partial charge in [-0.05, 0) is 40.2 Å². The summed E-state index contributed by atoms with van der Waals surface area (Å²) < 4.78 is 19.6. The molecule has 0 bridgehead atoms. The Hall–Kier alpha value is -0.580. The van der Waals surface area contributed by atoms with Gasteiger partial charge in [-0.3, -0.25) is 0 Å². The summed E-state index contributed by atoms with van der Waals surface area (Å²) in [6, 6.07) is 9.65. The zero-order chi connectivity index (χ0) is 13.1. The zero-order valence-corrected chi connectivity index (χ0v) is 13.0. The average Bonchev–Trinajstić information content (AvgIpc) is 2.34. The van der Waals surface area contributed by atoms with Crippen LogP contribution in [0.5, 0.6) is 11.5 Å². The van der Waals surface area contributed by atoms with Crippen molar-refractivity contribution >= 4 is 43.5 Å². The molecule has 0 amide bonds. The van der Waals surface area contributed by atoms with E-state index in [0.717, 1.165) is 5.56 Å². The number of halogens is 4. The third kappa shape index (κ3) is 3.05. The van der Waals surface area contributed by atoms with Crippen molar-refractivity contribution < 1.29 is 9.13 Å². The van der Waals surface area contributed by atoms with Gasteiger partial charge in [-0.15, -0.1) is 0 Å². The van der Waals surface area contributed by atoms with Gasteiger partial charge in [-0.1, -0.05) is 33.6 Å². The lowest BCUT2D eigenvalue weighted by Gasteiger charge is -2.12. The highest BCUT2D eigenvalue weighted by Crippen LogP contribution is 2.35. The Balaban J connectivity index is 2.40. The number of hydrogen-bond donors (Lipinski definition) is 0. The summed E-state index contributed by atoms with van der Waals surface area (Å²) in [7, 11) is 0. The molecule has 1 nitrogen and oxygen atoms in total. The fourth-order valence-electron chi connectivity index (χ4n) is 1.44. The van der Waals surface area contributed by atoms with Gasteiger partial charge in [0.25, 0.3) is 0 Å². The molecule has 0 aliphatic carbocycles. The molecule has 0 saturated heterocycles. The van der Waals surface area contributed by atoms with Crippen molar-refractivity contribution in [3.05, 3.63) is 57.3 Å². The van der Waals surface area contributed by atoms with E-state index in [-0.39, 0.29) is 5.82 Å². The molecule has 0 saturated carbocycles. The lowest BCUT2D eigenvalue weighted by Crippen LogP contribution is -1.92. The first-order valence-electron chi connectivity index (χ1n) is 5.08. The molecule has 0 atom stereocenters. The average molecular weight is 394 g/mol. The first-order chi connectivity index (χ1) is 8.61. The van der Waals surface area contributed by atoms with Gasteiger partial charge in [0.05, 0.1) is 4.47 Å². The first-order valence-corrected chi connectivity index (χ1v) is 7.37. The monoisotopic (exact) mass is 392 g/mol. The van der Waals surface area contributed by atoms with Gasteiger partial charge in [-0.25, -0.2) is 4.39 Å². The molecule has 0 fully saturated rings. The highest BCUT2D eigenvalue weighted by atomic mass is 79.9. The zero-order valence-electron chi connectivity index (χ0n) is 9.09. The Morgan fingerprint density at radius 1 is 1.17 bits per heavy atom. The summed E-state index contributed by atoms with van der Waals surface area (Å²) in [6.45, 7) is 0. The number of rotatable bonds is 3. The molecule has 0 aromatic heterocycles. The molecule has 0 spiro atoms. The SMILES string of the molecule is Fc1ccc(Br)c(Oc2cccc(Cl)c2CBr)c1. The van der Waals surface area contributed by atoms with Crippen LogP contribution in [0.3, 0.4) is 0 Å². The standard InChI is InChI=1S/C13H8Br2ClFO/c14-7-9-11(16)2-1-3-12(9)18-13-6-8(17)4-5-10(13)15/h1-6H,7H2. The van der Waals surface area contributed by atoms with Crippen molar-refractivity contribution in [3.8, 4) is 11.5 Å². The van der Waals surface area contributed by atoms with Crippen LogP contribution in [0.15, 0.2) is 40.9 Å². The van der Waals surface area contributed by atoms with E-state index in [1.807, 2.05) is 0 Å². The lowest BCUT2D eigenvalue weighted by atomic mass is 10.2. The largest absolute Gasteiger partial charge is 0.456 e. The van der Waals surface area contributed by atoms with E-state index in [1.165, 1.54) is 12.1 Å². The number of alkyl halides is 1. The van der Waals surface area contributed by atoms with Crippen LogP contribution < -0.4 is 4.74 Å². The van der Waals surface area contributed by atoms with Gasteiger partial charge in [0.1, 0.15) is 17.3 Å². The Labute approximate surface area is 126 Å². The summed E-state index contributed by atoms with van der Waals surface area (Å²) in [5.74, 6) is 0.667. The van der Waals surface area contributed by atoms with Crippen molar-refractivity contribution in [2.45, 2.75) is 5.33 Å². The second kappa shape index (κ2) is 6.04. The lowest BCUT2D eigenvalue weighted by molar-refractivity contribution is 0.470. The van der Waals surface area contributed by atoms with Gasteiger partial charge in [0.2, 0.25) is 0 Å². The molecule has 2 rings (SSSR count). The predicted molar refractivity (Wildman–Crippen MR) is 78.3 cm³/mol. The van der Waals surface area contributed by atoms with Crippen LogP contribution >= 0.6 is 43.5 Å². The van der Waals surface area contributed by atoms with E-state index in [0.29, 0.717) is 26.3 Å². The first kappa shape index (κ1) is 13.8. The molecule has 5 heteroatoms. The molecule has 2 aromatic carbocycles. The van der Waals surface area contributed by atoms with Crippen LogP contribution in [0.4, 0.5) is 4.39 Å². The molecule has 94 valence electrons. The number of hydrogen-bond acceptors (Lipinski definition) is 1. The minimum Gasteiger partial charge on any atom is -0.456 e. The Morgan fingerprint density at radius 3 is 2.67 bits per heavy atom. The minimum absolute atomic E-state index is 0.351. The quantitative estimate of drug-likeness (QED) is 0.587. The maximum Gasteiger partial charge on any atom is 0.144 e. The van der Waals surface area contributed by atoms with Crippen molar-refractivity contribution in [2.24, 2.45) is 0 Å². The Bertz CT molecular complexity index is 575. The smallest absolute Gasteiger partial charge is 0.144 e. The van der Waals surface area contributed by atoms with Gasteiger partial charge in [0.15, 0.2) is 0 Å². The van der Waals surface area contributed by atoms with Crippen LogP contribution in [0, 0.1) is 5.82 Å². The van der Waals surface area contributed by atoms with Crippen LogP contribution in [0.25, 0.3) is 0 Å². The third-order valence-electron chi connectivity index (χ3n) is 2.32. The van der Waals surface area contributed by atoms with Crippen molar-refractivity contribution in [2.75, 3.05) is 0 Å². The van der Waals surface area contributed by atoms with Crippen LogP contribution in [-0.2, 0) is 5.33 Å². The van der Waals surface area contributed by atoms with Crippen LogP contribution in [-0.4, -0.2) is 0 Å². The van der Waals surface area contributed by atoms with Crippen molar-refractivity contribution in [1.29, 1.82) is 0 Å². The normalized spacial score (nSPS) is 10.4. The second-order valence-corrected chi connectivity index (χ2v) is 5.35. The molecule has 0 heterocycles. The second-order valence-electron chi connectivity index (χ2n) is 3.53. The summed E-state index contributed by atoms with van der Waals surface area (Å²) >= 11 is 12.7. The highest BCUT2D eigenvalue weighted by molar-refractivity contribution is 9.10. The van der Waals surface area contributed by atoms with Gasteiger partial charge in [0, 0.05) is 22.0 Å². The Morgan fingerprint density at radius 2 is 1.94 bits per heavy atom. The fourth-order valence-corrected chi connectivity index (χ4v) is 2.74.